The number of halogens is 4. The zero-order valence-corrected chi connectivity index (χ0v) is 17.0. The highest BCUT2D eigenvalue weighted by atomic mass is 28.2. The lowest BCUT2D eigenvalue weighted by Gasteiger charge is -2.31. The van der Waals surface area contributed by atoms with Gasteiger partial charge in [-0.15, -0.1) is 0 Å². The Morgan fingerprint density at radius 1 is 0.880 bits per heavy atom. The summed E-state index contributed by atoms with van der Waals surface area (Å²) in [6, 6.07) is 0.721. The molecular formula is C17H26F4O3Si. The molecule has 0 saturated heterocycles. The summed E-state index contributed by atoms with van der Waals surface area (Å²) in [6.45, 7) is 4.68. The second kappa shape index (κ2) is 10.9. The molecule has 0 aliphatic rings. The summed E-state index contributed by atoms with van der Waals surface area (Å²) < 4.78 is 69.4. The Hall–Kier alpha value is -0.963. The van der Waals surface area contributed by atoms with Crippen molar-refractivity contribution in [1.29, 1.82) is 0 Å². The van der Waals surface area contributed by atoms with E-state index in [1.807, 2.05) is 13.8 Å². The number of hydrogen-bond donors (Lipinski definition) is 0. The lowest BCUT2D eigenvalue weighted by molar-refractivity contribution is -0.344. The summed E-state index contributed by atoms with van der Waals surface area (Å²) in [5.74, 6) is -7.19. The van der Waals surface area contributed by atoms with E-state index in [-0.39, 0.29) is 12.0 Å². The number of aryl methyl sites for hydroxylation is 1. The third kappa shape index (κ3) is 6.36. The molecule has 1 rings (SSSR count). The smallest absolute Gasteiger partial charge is 0.272 e. The average Bonchev–Trinajstić information content (AvgIpc) is 2.60. The van der Waals surface area contributed by atoms with Gasteiger partial charge in [0.1, 0.15) is 0 Å². The summed E-state index contributed by atoms with van der Waals surface area (Å²) >= 11 is 0. The first-order valence-corrected chi connectivity index (χ1v) is 9.37. The summed E-state index contributed by atoms with van der Waals surface area (Å²) in [6.07, 6.45) is 3.58. The number of hydrogen-bond acceptors (Lipinski definition) is 3. The van der Waals surface area contributed by atoms with Gasteiger partial charge in [-0.2, -0.15) is 0 Å². The summed E-state index contributed by atoms with van der Waals surface area (Å²) in [5, 5.41) is 0. The van der Waals surface area contributed by atoms with E-state index in [4.69, 9.17) is 13.9 Å². The van der Waals surface area contributed by atoms with Crippen molar-refractivity contribution in [2.75, 3.05) is 13.2 Å². The maximum absolute atomic E-state index is 13.6. The molecule has 0 aliphatic carbocycles. The molecule has 0 heterocycles. The Bertz CT molecular complexity index is 537. The molecule has 1 aromatic rings. The van der Waals surface area contributed by atoms with E-state index in [2.05, 4.69) is 0 Å². The van der Waals surface area contributed by atoms with Crippen LogP contribution in [0.15, 0.2) is 6.07 Å². The number of benzene rings is 1. The van der Waals surface area contributed by atoms with Crippen molar-refractivity contribution in [2.45, 2.75) is 58.3 Å². The van der Waals surface area contributed by atoms with Crippen LogP contribution in [0.5, 0.6) is 0 Å². The maximum atomic E-state index is 13.6. The highest BCUT2D eigenvalue weighted by molar-refractivity contribution is 5.98. The molecule has 0 spiro atoms. The monoisotopic (exact) mass is 382 g/mol. The van der Waals surface area contributed by atoms with Crippen molar-refractivity contribution in [3.05, 3.63) is 34.9 Å². The molecule has 144 valence electrons. The van der Waals surface area contributed by atoms with Crippen LogP contribution in [-0.4, -0.2) is 29.7 Å². The fraction of sp³-hybridized carbons (Fsp3) is 0.647. The zero-order valence-electron chi connectivity index (χ0n) is 15.0. The minimum atomic E-state index is -1.77. The van der Waals surface area contributed by atoms with Crippen LogP contribution >= 0.6 is 0 Å². The fourth-order valence-electron chi connectivity index (χ4n) is 2.66. The lowest BCUT2D eigenvalue weighted by atomic mass is 10.0. The van der Waals surface area contributed by atoms with Crippen LogP contribution < -0.4 is 0 Å². The SMILES string of the molecule is CCOC(CCCCCCc1cc(F)c(F)c(F)c1F)(O[SiH3])OCC. The van der Waals surface area contributed by atoms with E-state index in [9.17, 15) is 17.6 Å². The Morgan fingerprint density at radius 2 is 1.48 bits per heavy atom. The van der Waals surface area contributed by atoms with Crippen LogP contribution in [0.25, 0.3) is 0 Å². The predicted octanol–water partition coefficient (Wildman–Crippen LogP) is 3.76. The topological polar surface area (TPSA) is 27.7 Å². The van der Waals surface area contributed by atoms with Gasteiger partial charge in [0.25, 0.3) is 5.97 Å². The molecular weight excluding hydrogens is 356 g/mol. The van der Waals surface area contributed by atoms with Crippen molar-refractivity contribution < 1.29 is 31.5 Å². The largest absolute Gasteiger partial charge is 0.380 e. The van der Waals surface area contributed by atoms with Crippen molar-refractivity contribution in [1.82, 2.24) is 0 Å². The zero-order chi connectivity index (χ0) is 18.9. The van der Waals surface area contributed by atoms with Gasteiger partial charge in [-0.25, -0.2) is 17.6 Å². The first-order chi connectivity index (χ1) is 11.9. The molecule has 0 fully saturated rings. The molecule has 0 aromatic heterocycles. The van der Waals surface area contributed by atoms with Gasteiger partial charge in [0, 0.05) is 19.6 Å². The minimum absolute atomic E-state index is 0.141. The fourth-order valence-corrected chi connectivity index (χ4v) is 3.10. The van der Waals surface area contributed by atoms with Gasteiger partial charge < -0.3 is 13.9 Å². The first-order valence-electron chi connectivity index (χ1n) is 8.55. The molecule has 8 heteroatoms. The maximum Gasteiger partial charge on any atom is 0.272 e. The van der Waals surface area contributed by atoms with Gasteiger partial charge in [-0.3, -0.25) is 0 Å². The predicted molar refractivity (Wildman–Crippen MR) is 90.1 cm³/mol. The van der Waals surface area contributed by atoms with Crippen molar-refractivity contribution in [3.8, 4) is 0 Å². The molecule has 0 radical (unpaired) electrons. The number of unbranched alkanes of at least 4 members (excludes halogenated alkanes) is 3. The van der Waals surface area contributed by atoms with Gasteiger partial charge >= 0.3 is 0 Å². The molecule has 0 bridgehead atoms. The van der Waals surface area contributed by atoms with Crippen LogP contribution in [0.1, 0.15) is 51.5 Å². The molecule has 0 amide bonds. The van der Waals surface area contributed by atoms with Gasteiger partial charge in [-0.1, -0.05) is 12.8 Å². The van der Waals surface area contributed by atoms with Gasteiger partial charge in [-0.05, 0) is 44.7 Å². The normalized spacial score (nSPS) is 12.1. The Labute approximate surface area is 149 Å². The van der Waals surface area contributed by atoms with E-state index >= 15 is 0 Å². The summed E-state index contributed by atoms with van der Waals surface area (Å²) in [7, 11) is 0.480. The molecule has 0 unspecified atom stereocenters. The van der Waals surface area contributed by atoms with E-state index < -0.39 is 29.2 Å². The Kier molecular flexibility index (Phi) is 9.63. The van der Waals surface area contributed by atoms with E-state index in [1.165, 1.54) is 0 Å². The molecule has 3 nitrogen and oxygen atoms in total. The molecule has 0 aliphatic heterocycles. The quantitative estimate of drug-likeness (QED) is 0.138. The second-order valence-electron chi connectivity index (χ2n) is 5.63. The van der Waals surface area contributed by atoms with Crippen molar-refractivity contribution >= 4 is 10.5 Å². The van der Waals surface area contributed by atoms with Crippen LogP contribution in [0, 0.1) is 23.3 Å². The van der Waals surface area contributed by atoms with Crippen LogP contribution in [0.4, 0.5) is 17.6 Å². The minimum Gasteiger partial charge on any atom is -0.380 e. The van der Waals surface area contributed by atoms with E-state index in [1.54, 1.807) is 0 Å². The molecule has 1 aromatic carbocycles. The van der Waals surface area contributed by atoms with Gasteiger partial charge in [0.15, 0.2) is 33.8 Å². The number of ether oxygens (including phenoxy) is 2. The standard InChI is InChI=1S/C17H26F4O3Si/c1-3-22-17(24-25,23-4-2)10-8-6-5-7-9-12-11-13(18)15(20)16(21)14(12)19/h11H,3-10H2,1-2,25H3. The molecule has 0 N–H and O–H groups in total. The van der Waals surface area contributed by atoms with Crippen LogP contribution in [0.3, 0.4) is 0 Å². The van der Waals surface area contributed by atoms with Crippen LogP contribution in [-0.2, 0) is 20.3 Å². The summed E-state index contributed by atoms with van der Waals surface area (Å²) in [4.78, 5) is 0. The first kappa shape index (κ1) is 22.1. The van der Waals surface area contributed by atoms with Crippen LogP contribution in [0.2, 0.25) is 0 Å². The average molecular weight is 382 g/mol. The van der Waals surface area contributed by atoms with E-state index in [0.717, 1.165) is 25.3 Å². The highest BCUT2D eigenvalue weighted by Gasteiger charge is 2.29. The summed E-state index contributed by atoms with van der Waals surface area (Å²) in [5.41, 5.74) is -0.141. The third-order valence-corrected chi connectivity index (χ3v) is 4.52. The Balaban J connectivity index is 2.41. The third-order valence-electron chi connectivity index (χ3n) is 3.90. The van der Waals surface area contributed by atoms with Gasteiger partial charge in [0.2, 0.25) is 0 Å². The van der Waals surface area contributed by atoms with Crippen molar-refractivity contribution in [3.63, 3.8) is 0 Å². The second-order valence-corrected chi connectivity index (χ2v) is 6.04. The Morgan fingerprint density at radius 3 is 2.04 bits per heavy atom. The number of rotatable bonds is 12. The van der Waals surface area contributed by atoms with E-state index in [0.29, 0.717) is 36.5 Å². The molecule has 0 saturated carbocycles. The van der Waals surface area contributed by atoms with Gasteiger partial charge in [0.05, 0.1) is 0 Å². The van der Waals surface area contributed by atoms with Crippen molar-refractivity contribution in [2.24, 2.45) is 0 Å². The molecule has 0 atom stereocenters. The highest BCUT2D eigenvalue weighted by Crippen LogP contribution is 2.24. The molecule has 25 heavy (non-hydrogen) atoms. The lowest BCUT2D eigenvalue weighted by Crippen LogP contribution is -2.38.